The molecule has 2 aliphatic rings. The normalized spacial score (nSPS) is 22.7. The van der Waals surface area contributed by atoms with Gasteiger partial charge in [0.2, 0.25) is 5.91 Å². The van der Waals surface area contributed by atoms with Gasteiger partial charge in [0, 0.05) is 30.4 Å². The summed E-state index contributed by atoms with van der Waals surface area (Å²) in [6.07, 6.45) is 2.89. The lowest BCUT2D eigenvalue weighted by atomic mass is 9.95. The molecule has 0 radical (unpaired) electrons. The van der Waals surface area contributed by atoms with Crippen molar-refractivity contribution in [1.82, 2.24) is 0 Å². The predicted octanol–water partition coefficient (Wildman–Crippen LogP) is 2.82. The van der Waals surface area contributed by atoms with E-state index in [1.165, 1.54) is 12.1 Å². The van der Waals surface area contributed by atoms with Crippen LogP contribution in [0, 0.1) is 17.7 Å². The highest BCUT2D eigenvalue weighted by atomic mass is 35.5. The maximum Gasteiger partial charge on any atom is 0.227 e. The number of benzene rings is 1. The second-order valence-corrected chi connectivity index (χ2v) is 6.32. The van der Waals surface area contributed by atoms with E-state index < -0.39 is 0 Å². The largest absolute Gasteiger partial charge is 0.378 e. The topological polar surface area (TPSA) is 67.6 Å². The SMILES string of the molecule is Cl.Cl.NC[C@H]1CCC[C@H]1C(=O)Nc1cc(F)cc(N2CCOCC2)c1. The van der Waals surface area contributed by atoms with Crippen LogP contribution >= 0.6 is 24.8 Å². The molecule has 2 fully saturated rings. The van der Waals surface area contributed by atoms with Crippen molar-refractivity contribution in [2.75, 3.05) is 43.1 Å². The van der Waals surface area contributed by atoms with Crippen LogP contribution in [0.25, 0.3) is 0 Å². The van der Waals surface area contributed by atoms with E-state index in [2.05, 4.69) is 10.2 Å². The predicted molar refractivity (Wildman–Crippen MR) is 102 cm³/mol. The second-order valence-electron chi connectivity index (χ2n) is 6.32. The molecule has 5 nitrogen and oxygen atoms in total. The third-order valence-electron chi connectivity index (χ3n) is 4.82. The van der Waals surface area contributed by atoms with Gasteiger partial charge < -0.3 is 20.7 Å². The molecular formula is C17H26Cl2FN3O2. The summed E-state index contributed by atoms with van der Waals surface area (Å²) in [6.45, 7) is 3.26. The van der Waals surface area contributed by atoms with Crippen molar-refractivity contribution in [2.45, 2.75) is 19.3 Å². The minimum absolute atomic E-state index is 0. The molecule has 2 atom stereocenters. The van der Waals surface area contributed by atoms with Gasteiger partial charge in [-0.2, -0.15) is 0 Å². The molecule has 0 bridgehead atoms. The number of nitrogens with zero attached hydrogens (tertiary/aromatic N) is 1. The molecule has 25 heavy (non-hydrogen) atoms. The standard InChI is InChI=1S/C17H24FN3O2.2ClH/c18-13-8-14(10-15(9-13)21-4-6-23-7-5-21)20-17(22)16-3-1-2-12(16)11-19;;/h8-10,12,16H,1-7,11,19H2,(H,20,22);2*1H/t12-,16-;;/m1../s1. The summed E-state index contributed by atoms with van der Waals surface area (Å²) in [5.41, 5.74) is 7.04. The lowest BCUT2D eigenvalue weighted by Crippen LogP contribution is -2.36. The number of nitrogens with one attached hydrogen (secondary N) is 1. The highest BCUT2D eigenvalue weighted by Crippen LogP contribution is 2.32. The number of hydrogen-bond acceptors (Lipinski definition) is 4. The van der Waals surface area contributed by atoms with Crippen LogP contribution in [0.1, 0.15) is 19.3 Å². The molecule has 142 valence electrons. The first-order valence-electron chi connectivity index (χ1n) is 8.31. The highest BCUT2D eigenvalue weighted by molar-refractivity contribution is 5.93. The highest BCUT2D eigenvalue weighted by Gasteiger charge is 2.32. The Bertz CT molecular complexity index is 571. The molecule has 1 aliphatic heterocycles. The second kappa shape index (κ2) is 10.2. The molecular weight excluding hydrogens is 368 g/mol. The molecule has 0 spiro atoms. The Morgan fingerprint density at radius 3 is 2.64 bits per heavy atom. The molecule has 1 aromatic rings. The Labute approximate surface area is 160 Å². The lowest BCUT2D eigenvalue weighted by Gasteiger charge is -2.29. The van der Waals surface area contributed by atoms with E-state index in [4.69, 9.17) is 10.5 Å². The fourth-order valence-corrected chi connectivity index (χ4v) is 3.55. The molecule has 1 aliphatic carbocycles. The lowest BCUT2D eigenvalue weighted by molar-refractivity contribution is -0.120. The Balaban J connectivity index is 0.00000156. The first kappa shape index (κ1) is 22.0. The number of nitrogens with two attached hydrogens (primary N) is 1. The van der Waals surface area contributed by atoms with Gasteiger partial charge in [-0.25, -0.2) is 4.39 Å². The minimum atomic E-state index is -0.342. The summed E-state index contributed by atoms with van der Waals surface area (Å²) in [4.78, 5) is 14.5. The molecule has 3 N–H and O–H groups in total. The van der Waals surface area contributed by atoms with Crippen LogP contribution in [0.15, 0.2) is 18.2 Å². The van der Waals surface area contributed by atoms with E-state index in [0.29, 0.717) is 25.4 Å². The summed E-state index contributed by atoms with van der Waals surface area (Å²) in [5.74, 6) is -0.208. The van der Waals surface area contributed by atoms with Crippen molar-refractivity contribution in [3.05, 3.63) is 24.0 Å². The van der Waals surface area contributed by atoms with Gasteiger partial charge in [0.25, 0.3) is 0 Å². The van der Waals surface area contributed by atoms with Gasteiger partial charge >= 0.3 is 0 Å². The van der Waals surface area contributed by atoms with Crippen molar-refractivity contribution >= 4 is 42.1 Å². The van der Waals surface area contributed by atoms with Gasteiger partial charge in [-0.05, 0) is 43.5 Å². The quantitative estimate of drug-likeness (QED) is 0.824. The third-order valence-corrected chi connectivity index (χ3v) is 4.82. The molecule has 0 aromatic heterocycles. The maximum absolute atomic E-state index is 13.9. The van der Waals surface area contributed by atoms with Crippen LogP contribution in [0.2, 0.25) is 0 Å². The number of carbonyl (C=O) groups excluding carboxylic acids is 1. The zero-order valence-electron chi connectivity index (χ0n) is 14.1. The van der Waals surface area contributed by atoms with Crippen molar-refractivity contribution in [2.24, 2.45) is 17.6 Å². The van der Waals surface area contributed by atoms with Gasteiger partial charge in [-0.1, -0.05) is 6.42 Å². The first-order valence-corrected chi connectivity index (χ1v) is 8.31. The summed E-state index contributed by atoms with van der Waals surface area (Å²) in [5, 5.41) is 2.88. The number of halogens is 3. The van der Waals surface area contributed by atoms with Crippen LogP contribution in [0.5, 0.6) is 0 Å². The van der Waals surface area contributed by atoms with Crippen molar-refractivity contribution in [3.63, 3.8) is 0 Å². The maximum atomic E-state index is 13.9. The van der Waals surface area contributed by atoms with Crippen LogP contribution in [0.3, 0.4) is 0 Å². The third kappa shape index (κ3) is 5.45. The fraction of sp³-hybridized carbons (Fsp3) is 0.588. The number of carbonyl (C=O) groups is 1. The average Bonchev–Trinajstić information content (AvgIpc) is 3.04. The van der Waals surface area contributed by atoms with E-state index in [9.17, 15) is 9.18 Å². The fourth-order valence-electron chi connectivity index (χ4n) is 3.55. The van der Waals surface area contributed by atoms with E-state index in [1.807, 2.05) is 6.07 Å². The monoisotopic (exact) mass is 393 g/mol. The summed E-state index contributed by atoms with van der Waals surface area (Å²) in [7, 11) is 0. The molecule has 1 saturated heterocycles. The van der Waals surface area contributed by atoms with E-state index in [1.54, 1.807) is 0 Å². The number of anilines is 2. The molecule has 1 aromatic carbocycles. The molecule has 0 unspecified atom stereocenters. The van der Waals surface area contributed by atoms with E-state index in [-0.39, 0.29) is 48.4 Å². The summed E-state index contributed by atoms with van der Waals surface area (Å²) >= 11 is 0. The number of ether oxygens (including phenoxy) is 1. The van der Waals surface area contributed by atoms with Gasteiger partial charge in [0.15, 0.2) is 0 Å². The van der Waals surface area contributed by atoms with Crippen LogP contribution < -0.4 is 16.0 Å². The zero-order chi connectivity index (χ0) is 16.2. The van der Waals surface area contributed by atoms with Crippen molar-refractivity contribution < 1.29 is 13.9 Å². The van der Waals surface area contributed by atoms with Gasteiger partial charge in [0.05, 0.1) is 13.2 Å². The first-order chi connectivity index (χ1) is 11.2. The molecule has 1 heterocycles. The van der Waals surface area contributed by atoms with Gasteiger partial charge in [0.1, 0.15) is 5.82 Å². The Hall–Kier alpha value is -1.08. The molecule has 3 rings (SSSR count). The Kier molecular flexibility index (Phi) is 8.93. The molecule has 1 amide bonds. The number of morpholine rings is 1. The molecule has 1 saturated carbocycles. The minimum Gasteiger partial charge on any atom is -0.378 e. The Morgan fingerprint density at radius 1 is 1.24 bits per heavy atom. The van der Waals surface area contributed by atoms with Crippen LogP contribution in [-0.4, -0.2) is 38.8 Å². The van der Waals surface area contributed by atoms with E-state index >= 15 is 0 Å². The van der Waals surface area contributed by atoms with Crippen LogP contribution in [-0.2, 0) is 9.53 Å². The van der Waals surface area contributed by atoms with Crippen molar-refractivity contribution in [1.29, 1.82) is 0 Å². The number of rotatable bonds is 4. The Morgan fingerprint density at radius 2 is 1.96 bits per heavy atom. The number of amides is 1. The van der Waals surface area contributed by atoms with Gasteiger partial charge in [-0.3, -0.25) is 4.79 Å². The van der Waals surface area contributed by atoms with E-state index in [0.717, 1.165) is 38.0 Å². The van der Waals surface area contributed by atoms with Crippen molar-refractivity contribution in [3.8, 4) is 0 Å². The summed E-state index contributed by atoms with van der Waals surface area (Å²) < 4.78 is 19.2. The summed E-state index contributed by atoms with van der Waals surface area (Å²) in [6, 6.07) is 4.70. The zero-order valence-corrected chi connectivity index (χ0v) is 15.7. The van der Waals surface area contributed by atoms with Gasteiger partial charge in [-0.15, -0.1) is 24.8 Å². The number of hydrogen-bond donors (Lipinski definition) is 2. The van der Waals surface area contributed by atoms with Crippen LogP contribution in [0.4, 0.5) is 15.8 Å². The molecule has 8 heteroatoms. The smallest absolute Gasteiger partial charge is 0.227 e. The average molecular weight is 394 g/mol.